The summed E-state index contributed by atoms with van der Waals surface area (Å²) in [6.07, 6.45) is 4.75. The largest absolute Gasteiger partial charge is 0.384 e. The third-order valence-electron chi connectivity index (χ3n) is 4.15. The molecule has 0 saturated heterocycles. The van der Waals surface area contributed by atoms with Crippen LogP contribution in [0.5, 0.6) is 0 Å². The quantitative estimate of drug-likeness (QED) is 0.601. The van der Waals surface area contributed by atoms with E-state index >= 15 is 0 Å². The molecule has 1 fully saturated rings. The van der Waals surface area contributed by atoms with Gasteiger partial charge in [0.15, 0.2) is 0 Å². The monoisotopic (exact) mass is 259 g/mol. The molecule has 1 aromatic rings. The molecule has 3 heteroatoms. The van der Waals surface area contributed by atoms with Crippen LogP contribution in [0.15, 0.2) is 29.3 Å². The zero-order valence-electron chi connectivity index (χ0n) is 11.9. The molecule has 19 heavy (non-hydrogen) atoms. The molecule has 0 unspecified atom stereocenters. The highest BCUT2D eigenvalue weighted by Crippen LogP contribution is 2.44. The van der Waals surface area contributed by atoms with Crippen molar-refractivity contribution in [1.82, 2.24) is 0 Å². The van der Waals surface area contributed by atoms with Gasteiger partial charge in [0.1, 0.15) is 0 Å². The molecule has 0 radical (unpaired) electrons. The predicted octanol–water partition coefficient (Wildman–Crippen LogP) is 3.33. The standard InChI is InChI=1S/C16H21NO2/c1-15(2,11-19-3)13-5-7-14(8-6-13)16(17-12-18)9-4-10-16/h5-8H,4,9-11H2,1-3H3. The maximum Gasteiger partial charge on any atom is 0.235 e. The number of rotatable bonds is 5. The van der Waals surface area contributed by atoms with Gasteiger partial charge in [-0.1, -0.05) is 38.1 Å². The number of hydrogen-bond acceptors (Lipinski definition) is 3. The fourth-order valence-electron chi connectivity index (χ4n) is 2.74. The van der Waals surface area contributed by atoms with Gasteiger partial charge in [0, 0.05) is 12.5 Å². The Kier molecular flexibility index (Phi) is 3.88. The van der Waals surface area contributed by atoms with E-state index in [4.69, 9.17) is 4.74 Å². The first-order valence-electron chi connectivity index (χ1n) is 6.73. The molecular formula is C16H21NO2. The molecule has 102 valence electrons. The molecule has 1 saturated carbocycles. The molecule has 0 aromatic heterocycles. The smallest absolute Gasteiger partial charge is 0.235 e. The summed E-state index contributed by atoms with van der Waals surface area (Å²) in [7, 11) is 1.72. The van der Waals surface area contributed by atoms with Gasteiger partial charge >= 0.3 is 0 Å². The molecule has 0 heterocycles. The summed E-state index contributed by atoms with van der Waals surface area (Å²) in [4.78, 5) is 14.6. The fraction of sp³-hybridized carbons (Fsp3) is 0.562. The first-order valence-corrected chi connectivity index (χ1v) is 6.73. The number of isocyanates is 1. The van der Waals surface area contributed by atoms with E-state index in [1.807, 2.05) is 0 Å². The molecule has 1 aromatic carbocycles. The third kappa shape index (κ3) is 2.63. The van der Waals surface area contributed by atoms with Crippen LogP contribution >= 0.6 is 0 Å². The van der Waals surface area contributed by atoms with Gasteiger partial charge in [-0.3, -0.25) is 0 Å². The first kappa shape index (κ1) is 14.0. The second-order valence-electron chi connectivity index (χ2n) is 5.98. The van der Waals surface area contributed by atoms with Crippen molar-refractivity contribution < 1.29 is 9.53 Å². The zero-order valence-corrected chi connectivity index (χ0v) is 11.9. The van der Waals surface area contributed by atoms with Gasteiger partial charge in [0.05, 0.1) is 12.1 Å². The van der Waals surface area contributed by atoms with Gasteiger partial charge < -0.3 is 4.74 Å². The van der Waals surface area contributed by atoms with Crippen molar-refractivity contribution in [3.8, 4) is 0 Å². The Morgan fingerprint density at radius 2 is 1.95 bits per heavy atom. The Labute approximate surface area is 114 Å². The Morgan fingerprint density at radius 1 is 1.32 bits per heavy atom. The van der Waals surface area contributed by atoms with Crippen molar-refractivity contribution >= 4 is 6.08 Å². The minimum atomic E-state index is -0.300. The molecule has 0 atom stereocenters. The van der Waals surface area contributed by atoms with E-state index in [9.17, 15) is 4.79 Å². The fourth-order valence-corrected chi connectivity index (χ4v) is 2.74. The third-order valence-corrected chi connectivity index (χ3v) is 4.15. The number of methoxy groups -OCH3 is 1. The number of hydrogen-bond donors (Lipinski definition) is 0. The molecule has 3 nitrogen and oxygen atoms in total. The average Bonchev–Trinajstić information content (AvgIpc) is 2.34. The minimum Gasteiger partial charge on any atom is -0.384 e. The van der Waals surface area contributed by atoms with Crippen LogP contribution in [0, 0.1) is 0 Å². The Morgan fingerprint density at radius 3 is 2.37 bits per heavy atom. The second kappa shape index (κ2) is 5.28. The summed E-state index contributed by atoms with van der Waals surface area (Å²) >= 11 is 0. The molecule has 1 aliphatic rings. The van der Waals surface area contributed by atoms with E-state index in [1.165, 1.54) is 5.56 Å². The highest BCUT2D eigenvalue weighted by Gasteiger charge is 2.38. The lowest BCUT2D eigenvalue weighted by Gasteiger charge is -2.37. The maximum atomic E-state index is 10.6. The number of ether oxygens (including phenoxy) is 1. The number of benzene rings is 1. The van der Waals surface area contributed by atoms with Crippen LogP contribution in [0.25, 0.3) is 0 Å². The van der Waals surface area contributed by atoms with Crippen molar-refractivity contribution in [3.63, 3.8) is 0 Å². The summed E-state index contributed by atoms with van der Waals surface area (Å²) in [6, 6.07) is 8.42. The summed E-state index contributed by atoms with van der Waals surface area (Å²) in [5, 5.41) is 0. The Bertz CT molecular complexity index is 480. The van der Waals surface area contributed by atoms with Crippen LogP contribution in [-0.2, 0) is 20.5 Å². The highest BCUT2D eigenvalue weighted by molar-refractivity contribution is 5.40. The van der Waals surface area contributed by atoms with E-state index in [1.54, 1.807) is 13.2 Å². The summed E-state index contributed by atoms with van der Waals surface area (Å²) in [6.45, 7) is 5.01. The average molecular weight is 259 g/mol. The van der Waals surface area contributed by atoms with Crippen molar-refractivity contribution in [2.45, 2.75) is 44.1 Å². The van der Waals surface area contributed by atoms with E-state index in [0.717, 1.165) is 24.8 Å². The van der Waals surface area contributed by atoms with Gasteiger partial charge in [0.25, 0.3) is 0 Å². The topological polar surface area (TPSA) is 38.7 Å². The van der Waals surface area contributed by atoms with Crippen LogP contribution in [0.1, 0.15) is 44.2 Å². The van der Waals surface area contributed by atoms with Gasteiger partial charge in [-0.2, -0.15) is 4.99 Å². The molecule has 0 bridgehead atoms. The lowest BCUT2D eigenvalue weighted by atomic mass is 9.71. The van der Waals surface area contributed by atoms with Crippen molar-refractivity contribution in [1.29, 1.82) is 0 Å². The number of nitrogens with zero attached hydrogens (tertiary/aromatic N) is 1. The highest BCUT2D eigenvalue weighted by atomic mass is 16.5. The zero-order chi connectivity index (χ0) is 13.9. The van der Waals surface area contributed by atoms with Crippen LogP contribution < -0.4 is 0 Å². The van der Waals surface area contributed by atoms with Crippen LogP contribution in [0.3, 0.4) is 0 Å². The Balaban J connectivity index is 2.26. The lowest BCUT2D eigenvalue weighted by molar-refractivity contribution is 0.146. The Hall–Kier alpha value is -1.44. The molecule has 0 amide bonds. The predicted molar refractivity (Wildman–Crippen MR) is 75.0 cm³/mol. The molecule has 0 spiro atoms. The molecule has 1 aliphatic carbocycles. The van der Waals surface area contributed by atoms with Crippen LogP contribution in [0.2, 0.25) is 0 Å². The number of carbonyl (C=O) groups excluding carboxylic acids is 1. The molecule has 0 N–H and O–H groups in total. The van der Waals surface area contributed by atoms with E-state index in [-0.39, 0.29) is 11.0 Å². The molecule has 0 aliphatic heterocycles. The summed E-state index contributed by atoms with van der Waals surface area (Å²) < 4.78 is 5.26. The maximum absolute atomic E-state index is 10.6. The second-order valence-corrected chi connectivity index (χ2v) is 5.98. The van der Waals surface area contributed by atoms with Gasteiger partial charge in [-0.15, -0.1) is 0 Å². The van der Waals surface area contributed by atoms with Crippen molar-refractivity contribution in [3.05, 3.63) is 35.4 Å². The van der Waals surface area contributed by atoms with Crippen LogP contribution in [0.4, 0.5) is 0 Å². The molecule has 2 rings (SSSR count). The normalized spacial score (nSPS) is 17.4. The van der Waals surface area contributed by atoms with Gasteiger partial charge in [0.2, 0.25) is 6.08 Å². The summed E-state index contributed by atoms with van der Waals surface area (Å²) in [5.74, 6) is 0. The molecular weight excluding hydrogens is 238 g/mol. The minimum absolute atomic E-state index is 0.00597. The first-order chi connectivity index (χ1) is 9.04. The van der Waals surface area contributed by atoms with E-state index in [0.29, 0.717) is 6.61 Å². The van der Waals surface area contributed by atoms with E-state index in [2.05, 4.69) is 43.1 Å². The van der Waals surface area contributed by atoms with Gasteiger partial charge in [-0.25, -0.2) is 4.79 Å². The van der Waals surface area contributed by atoms with Gasteiger partial charge in [-0.05, 0) is 30.4 Å². The SMILES string of the molecule is COCC(C)(C)c1ccc(C2(N=C=O)CCC2)cc1. The van der Waals surface area contributed by atoms with E-state index < -0.39 is 0 Å². The number of aliphatic imine (C=N–C) groups is 1. The van der Waals surface area contributed by atoms with Crippen molar-refractivity contribution in [2.24, 2.45) is 4.99 Å². The lowest BCUT2D eigenvalue weighted by Crippen LogP contribution is -2.32. The van der Waals surface area contributed by atoms with Crippen LogP contribution in [-0.4, -0.2) is 19.8 Å². The van der Waals surface area contributed by atoms with Crippen molar-refractivity contribution in [2.75, 3.05) is 13.7 Å². The summed E-state index contributed by atoms with van der Waals surface area (Å²) in [5.41, 5.74) is 2.06.